The minimum absolute atomic E-state index is 0.00134. The van der Waals surface area contributed by atoms with Gasteiger partial charge in [-0.05, 0) is 35.9 Å². The second kappa shape index (κ2) is 8.44. The third-order valence-corrected chi connectivity index (χ3v) is 5.51. The van der Waals surface area contributed by atoms with E-state index in [-0.39, 0.29) is 22.9 Å². The van der Waals surface area contributed by atoms with Gasteiger partial charge in [-0.1, -0.05) is 18.2 Å². The molecule has 0 fully saturated rings. The first-order valence-corrected chi connectivity index (χ1v) is 11.6. The monoisotopic (exact) mass is 464 g/mol. The van der Waals surface area contributed by atoms with Crippen molar-refractivity contribution in [3.05, 3.63) is 54.1 Å². The zero-order valence-corrected chi connectivity index (χ0v) is 19.2. The Morgan fingerprint density at radius 3 is 2.39 bits per heavy atom. The zero-order valence-electron chi connectivity index (χ0n) is 18.4. The number of nitrogens with zero attached hydrogens (tertiary/aromatic N) is 4. The topological polar surface area (TPSA) is 116 Å². The SMILES string of the molecule is COc1ccc(-c2cc(-c3nc4ccccc4n3C)nc(OC)c2C#N)cc1OS(C)(=O)=O. The molecule has 168 valence electrons. The summed E-state index contributed by atoms with van der Waals surface area (Å²) in [5, 5.41) is 9.84. The summed E-state index contributed by atoms with van der Waals surface area (Å²) in [6, 6.07) is 16.3. The second-order valence-electron chi connectivity index (χ2n) is 7.19. The summed E-state index contributed by atoms with van der Waals surface area (Å²) in [7, 11) is 0.908. The highest BCUT2D eigenvalue weighted by molar-refractivity contribution is 7.86. The predicted octanol–water partition coefficient (Wildman–Crippen LogP) is 3.53. The highest BCUT2D eigenvalue weighted by Gasteiger charge is 2.21. The Labute approximate surface area is 190 Å². The molecule has 0 bridgehead atoms. The van der Waals surface area contributed by atoms with E-state index < -0.39 is 10.1 Å². The van der Waals surface area contributed by atoms with Crippen molar-refractivity contribution in [1.29, 1.82) is 5.26 Å². The average Bonchev–Trinajstić information content (AvgIpc) is 3.13. The Hall–Kier alpha value is -4.10. The summed E-state index contributed by atoms with van der Waals surface area (Å²) in [6.07, 6.45) is 0.944. The number of hydrogen-bond donors (Lipinski definition) is 0. The fourth-order valence-corrected chi connectivity index (χ4v) is 4.02. The molecule has 0 unspecified atom stereocenters. The van der Waals surface area contributed by atoms with Crippen LogP contribution in [0.3, 0.4) is 0 Å². The molecule has 0 amide bonds. The number of ether oxygens (including phenoxy) is 2. The van der Waals surface area contributed by atoms with E-state index in [4.69, 9.17) is 13.7 Å². The standard InChI is InChI=1S/C23H20N4O5S/c1-27-19-8-6-5-7-17(19)25-22(27)18-12-15(16(13-24)23(26-18)31-3)14-9-10-20(30-2)21(11-14)32-33(4,28)29/h5-12H,1-4H3. The molecule has 4 rings (SSSR count). The normalized spacial score (nSPS) is 11.2. The molecule has 0 saturated heterocycles. The number of benzene rings is 2. The van der Waals surface area contributed by atoms with Gasteiger partial charge >= 0.3 is 10.1 Å². The van der Waals surface area contributed by atoms with E-state index >= 15 is 0 Å². The number of aromatic nitrogens is 3. The lowest BCUT2D eigenvalue weighted by atomic mass is 10.00. The molecule has 4 aromatic rings. The maximum Gasteiger partial charge on any atom is 0.306 e. The van der Waals surface area contributed by atoms with Crippen LogP contribution in [0.2, 0.25) is 0 Å². The molecule has 0 aliphatic rings. The van der Waals surface area contributed by atoms with Crippen LogP contribution in [0, 0.1) is 11.3 Å². The Balaban J connectivity index is 1.96. The lowest BCUT2D eigenvalue weighted by Crippen LogP contribution is -2.07. The van der Waals surface area contributed by atoms with Crippen LogP contribution >= 0.6 is 0 Å². The first kappa shape index (κ1) is 22.1. The molecule has 10 heteroatoms. The van der Waals surface area contributed by atoms with Crippen LogP contribution in [0.1, 0.15) is 5.56 Å². The molecule has 0 aliphatic carbocycles. The van der Waals surface area contributed by atoms with Crippen molar-refractivity contribution in [2.24, 2.45) is 7.05 Å². The molecule has 0 radical (unpaired) electrons. The van der Waals surface area contributed by atoms with Gasteiger partial charge < -0.3 is 18.2 Å². The first-order chi connectivity index (χ1) is 15.8. The van der Waals surface area contributed by atoms with E-state index in [1.165, 1.54) is 20.3 Å². The van der Waals surface area contributed by atoms with Gasteiger partial charge in [0.2, 0.25) is 5.88 Å². The number of para-hydroxylation sites is 2. The molecule has 0 aliphatic heterocycles. The van der Waals surface area contributed by atoms with Crippen LogP contribution in [-0.4, -0.2) is 43.4 Å². The van der Waals surface area contributed by atoms with E-state index in [2.05, 4.69) is 16.0 Å². The number of fused-ring (bicyclic) bond motifs is 1. The molecule has 2 heterocycles. The number of rotatable bonds is 6. The Morgan fingerprint density at radius 1 is 1.00 bits per heavy atom. The number of nitriles is 1. The van der Waals surface area contributed by atoms with Crippen LogP contribution in [0.25, 0.3) is 33.7 Å². The van der Waals surface area contributed by atoms with Gasteiger partial charge in [0.1, 0.15) is 17.3 Å². The van der Waals surface area contributed by atoms with Gasteiger partial charge in [-0.3, -0.25) is 0 Å². The van der Waals surface area contributed by atoms with Crippen LogP contribution in [0.15, 0.2) is 48.5 Å². The summed E-state index contributed by atoms with van der Waals surface area (Å²) in [6.45, 7) is 0. The largest absolute Gasteiger partial charge is 0.493 e. The van der Waals surface area contributed by atoms with Crippen LogP contribution in [0.4, 0.5) is 0 Å². The fourth-order valence-electron chi connectivity index (χ4n) is 3.57. The molecule has 0 spiro atoms. The molecule has 0 N–H and O–H groups in total. The van der Waals surface area contributed by atoms with Crippen molar-refractivity contribution in [1.82, 2.24) is 14.5 Å². The molecular weight excluding hydrogens is 444 g/mol. The lowest BCUT2D eigenvalue weighted by molar-refractivity contribution is 0.391. The van der Waals surface area contributed by atoms with Gasteiger partial charge in [0.25, 0.3) is 0 Å². The fraction of sp³-hybridized carbons (Fsp3) is 0.174. The minimum Gasteiger partial charge on any atom is -0.493 e. The number of methoxy groups -OCH3 is 2. The third-order valence-electron chi connectivity index (χ3n) is 5.02. The van der Waals surface area contributed by atoms with Crippen molar-refractivity contribution in [3.8, 4) is 46.1 Å². The van der Waals surface area contributed by atoms with Crippen molar-refractivity contribution in [2.45, 2.75) is 0 Å². The Bertz CT molecular complexity index is 1520. The second-order valence-corrected chi connectivity index (χ2v) is 8.76. The van der Waals surface area contributed by atoms with Gasteiger partial charge in [-0.2, -0.15) is 13.7 Å². The average molecular weight is 465 g/mol. The maximum absolute atomic E-state index is 11.7. The van der Waals surface area contributed by atoms with Crippen molar-refractivity contribution in [2.75, 3.05) is 20.5 Å². The quantitative estimate of drug-likeness (QED) is 0.398. The van der Waals surface area contributed by atoms with Crippen LogP contribution in [-0.2, 0) is 17.2 Å². The van der Waals surface area contributed by atoms with E-state index in [0.29, 0.717) is 22.6 Å². The smallest absolute Gasteiger partial charge is 0.306 e. The highest BCUT2D eigenvalue weighted by Crippen LogP contribution is 2.38. The van der Waals surface area contributed by atoms with Crippen LogP contribution in [0.5, 0.6) is 17.4 Å². The van der Waals surface area contributed by atoms with Gasteiger partial charge in [-0.15, -0.1) is 0 Å². The molecule has 9 nitrogen and oxygen atoms in total. The predicted molar refractivity (Wildman–Crippen MR) is 123 cm³/mol. The number of hydrogen-bond acceptors (Lipinski definition) is 8. The number of imidazole rings is 1. The summed E-state index contributed by atoms with van der Waals surface area (Å²) < 4.78 is 41.1. The highest BCUT2D eigenvalue weighted by atomic mass is 32.2. The molecule has 33 heavy (non-hydrogen) atoms. The Morgan fingerprint density at radius 2 is 1.76 bits per heavy atom. The molecule has 0 saturated carbocycles. The summed E-state index contributed by atoms with van der Waals surface area (Å²) >= 11 is 0. The number of aryl methyl sites for hydroxylation is 1. The van der Waals surface area contributed by atoms with Gasteiger partial charge in [-0.25, -0.2) is 9.97 Å². The van der Waals surface area contributed by atoms with Gasteiger partial charge in [0.05, 0.1) is 31.5 Å². The Kier molecular flexibility index (Phi) is 5.66. The number of pyridine rings is 1. The third kappa shape index (κ3) is 4.18. The van der Waals surface area contributed by atoms with Crippen molar-refractivity contribution < 1.29 is 22.1 Å². The van der Waals surface area contributed by atoms with E-state index in [9.17, 15) is 13.7 Å². The van der Waals surface area contributed by atoms with Gasteiger partial charge in [0.15, 0.2) is 17.3 Å². The van der Waals surface area contributed by atoms with E-state index in [1.807, 2.05) is 35.9 Å². The first-order valence-electron chi connectivity index (χ1n) is 9.74. The van der Waals surface area contributed by atoms with Crippen molar-refractivity contribution >= 4 is 21.2 Å². The summed E-state index contributed by atoms with van der Waals surface area (Å²) in [5.74, 6) is 0.945. The summed E-state index contributed by atoms with van der Waals surface area (Å²) in [4.78, 5) is 9.19. The minimum atomic E-state index is -3.80. The molecule has 2 aromatic carbocycles. The van der Waals surface area contributed by atoms with Crippen molar-refractivity contribution in [3.63, 3.8) is 0 Å². The lowest BCUT2D eigenvalue weighted by Gasteiger charge is -2.14. The molecular formula is C23H20N4O5S. The maximum atomic E-state index is 11.7. The molecule has 0 atom stereocenters. The van der Waals surface area contributed by atoms with Gasteiger partial charge in [0, 0.05) is 12.6 Å². The van der Waals surface area contributed by atoms with Crippen LogP contribution < -0.4 is 13.7 Å². The van der Waals surface area contributed by atoms with E-state index in [1.54, 1.807) is 18.2 Å². The summed E-state index contributed by atoms with van der Waals surface area (Å²) in [5.41, 5.74) is 3.40. The zero-order chi connectivity index (χ0) is 23.8. The molecule has 2 aromatic heterocycles. The van der Waals surface area contributed by atoms with E-state index in [0.717, 1.165) is 17.3 Å².